The zero-order valence-electron chi connectivity index (χ0n) is 16.0. The van der Waals surface area contributed by atoms with Gasteiger partial charge in [0.15, 0.2) is 0 Å². The Morgan fingerprint density at radius 2 is 1.69 bits per heavy atom. The first-order valence-corrected chi connectivity index (χ1v) is 9.94. The van der Waals surface area contributed by atoms with Gasteiger partial charge in [-0.3, -0.25) is 4.79 Å². The summed E-state index contributed by atoms with van der Waals surface area (Å²) in [6, 6.07) is 9.19. The van der Waals surface area contributed by atoms with Crippen molar-refractivity contribution in [2.75, 3.05) is 19.6 Å². The Hall–Kier alpha value is -2.04. The molecule has 1 N–H and O–H groups in total. The number of likely N-dealkylation sites (tertiary alicyclic amines) is 1. The fourth-order valence-corrected chi connectivity index (χ4v) is 3.77. The third-order valence-electron chi connectivity index (χ3n) is 5.54. The lowest BCUT2D eigenvalue weighted by Crippen LogP contribution is -2.40. The van der Waals surface area contributed by atoms with Crippen LogP contribution in [0.4, 0.5) is 4.79 Å². The Bertz CT molecular complexity index is 617. The van der Waals surface area contributed by atoms with Crippen LogP contribution in [0.15, 0.2) is 24.3 Å². The Kier molecular flexibility index (Phi) is 6.17. The highest BCUT2D eigenvalue weighted by Crippen LogP contribution is 2.28. The van der Waals surface area contributed by atoms with Crippen LogP contribution in [-0.2, 0) is 17.8 Å². The average molecular weight is 357 g/mol. The molecule has 2 fully saturated rings. The minimum atomic E-state index is 0.0521. The number of carbonyl (C=O) groups excluding carboxylic acids is 2. The quantitative estimate of drug-likeness (QED) is 0.850. The van der Waals surface area contributed by atoms with Crippen LogP contribution in [0.5, 0.6) is 0 Å². The molecule has 3 rings (SSSR count). The van der Waals surface area contributed by atoms with Gasteiger partial charge in [-0.25, -0.2) is 4.79 Å². The van der Waals surface area contributed by atoms with Gasteiger partial charge in [-0.15, -0.1) is 0 Å². The summed E-state index contributed by atoms with van der Waals surface area (Å²) in [7, 11) is 0. The van der Waals surface area contributed by atoms with Crippen molar-refractivity contribution in [2.24, 2.45) is 5.92 Å². The van der Waals surface area contributed by atoms with Crippen molar-refractivity contribution in [3.63, 3.8) is 0 Å². The molecular formula is C21H31N3O2. The second kappa shape index (κ2) is 8.56. The van der Waals surface area contributed by atoms with E-state index in [9.17, 15) is 9.59 Å². The second-order valence-corrected chi connectivity index (χ2v) is 7.66. The van der Waals surface area contributed by atoms with E-state index < -0.39 is 0 Å². The highest BCUT2D eigenvalue weighted by Gasteiger charge is 2.32. The number of nitrogens with one attached hydrogen (secondary N) is 1. The van der Waals surface area contributed by atoms with Crippen molar-refractivity contribution >= 4 is 11.9 Å². The number of rotatable bonds is 6. The lowest BCUT2D eigenvalue weighted by Gasteiger charge is -2.31. The molecule has 5 nitrogen and oxygen atoms in total. The molecule has 0 atom stereocenters. The molecule has 1 aromatic carbocycles. The van der Waals surface area contributed by atoms with E-state index in [0.29, 0.717) is 25.0 Å². The van der Waals surface area contributed by atoms with Gasteiger partial charge in [-0.1, -0.05) is 24.3 Å². The molecule has 0 bridgehead atoms. The largest absolute Gasteiger partial charge is 0.343 e. The Labute approximate surface area is 156 Å². The SMILES string of the molecule is CCNC(=O)N(Cc1ccc(CC2CCN(C(C)=O)CC2)cc1)C1CC1. The fourth-order valence-electron chi connectivity index (χ4n) is 3.77. The summed E-state index contributed by atoms with van der Waals surface area (Å²) in [6.07, 6.45) is 5.50. The van der Waals surface area contributed by atoms with E-state index in [2.05, 4.69) is 29.6 Å². The molecule has 1 aliphatic heterocycles. The molecule has 142 valence electrons. The van der Waals surface area contributed by atoms with Gasteiger partial charge >= 0.3 is 6.03 Å². The monoisotopic (exact) mass is 357 g/mol. The van der Waals surface area contributed by atoms with Gasteiger partial charge in [0.05, 0.1) is 0 Å². The van der Waals surface area contributed by atoms with E-state index in [1.807, 2.05) is 16.7 Å². The molecule has 5 heteroatoms. The summed E-state index contributed by atoms with van der Waals surface area (Å²) in [5.41, 5.74) is 2.55. The Morgan fingerprint density at radius 3 is 2.23 bits per heavy atom. The van der Waals surface area contributed by atoms with E-state index in [1.54, 1.807) is 6.92 Å². The molecule has 0 aromatic heterocycles. The van der Waals surface area contributed by atoms with Crippen LogP contribution in [0, 0.1) is 5.92 Å². The molecule has 2 aliphatic rings. The zero-order valence-corrected chi connectivity index (χ0v) is 16.0. The summed E-state index contributed by atoms with van der Waals surface area (Å²) in [4.78, 5) is 27.6. The summed E-state index contributed by atoms with van der Waals surface area (Å²) in [5.74, 6) is 0.856. The number of piperidine rings is 1. The molecule has 0 unspecified atom stereocenters. The van der Waals surface area contributed by atoms with Crippen LogP contribution in [0.3, 0.4) is 0 Å². The predicted molar refractivity (Wildman–Crippen MR) is 103 cm³/mol. The van der Waals surface area contributed by atoms with Crippen molar-refractivity contribution in [2.45, 2.75) is 58.5 Å². The van der Waals surface area contributed by atoms with Crippen LogP contribution in [0.2, 0.25) is 0 Å². The molecule has 0 radical (unpaired) electrons. The van der Waals surface area contributed by atoms with Crippen LogP contribution in [0.1, 0.15) is 50.7 Å². The van der Waals surface area contributed by atoms with E-state index in [0.717, 1.165) is 45.2 Å². The van der Waals surface area contributed by atoms with Crippen molar-refractivity contribution in [3.05, 3.63) is 35.4 Å². The summed E-state index contributed by atoms with van der Waals surface area (Å²) in [5, 5.41) is 2.92. The smallest absolute Gasteiger partial charge is 0.317 e. The number of amides is 3. The molecule has 3 amide bonds. The van der Waals surface area contributed by atoms with E-state index in [4.69, 9.17) is 0 Å². The number of hydrogen-bond donors (Lipinski definition) is 1. The molecule has 26 heavy (non-hydrogen) atoms. The van der Waals surface area contributed by atoms with Crippen molar-refractivity contribution in [3.8, 4) is 0 Å². The van der Waals surface area contributed by atoms with E-state index in [-0.39, 0.29) is 11.9 Å². The predicted octanol–water partition coefficient (Wildman–Crippen LogP) is 3.18. The van der Waals surface area contributed by atoms with Gasteiger partial charge in [0.2, 0.25) is 5.91 Å². The van der Waals surface area contributed by atoms with Crippen LogP contribution in [0.25, 0.3) is 0 Å². The Balaban J connectivity index is 1.52. The fraction of sp³-hybridized carbons (Fsp3) is 0.619. The number of benzene rings is 1. The molecule has 1 saturated heterocycles. The van der Waals surface area contributed by atoms with Gasteiger partial charge in [0.25, 0.3) is 0 Å². The lowest BCUT2D eigenvalue weighted by atomic mass is 9.90. The zero-order chi connectivity index (χ0) is 18.5. The first-order valence-electron chi connectivity index (χ1n) is 9.94. The molecular weight excluding hydrogens is 326 g/mol. The summed E-state index contributed by atoms with van der Waals surface area (Å²) < 4.78 is 0. The second-order valence-electron chi connectivity index (χ2n) is 7.66. The van der Waals surface area contributed by atoms with Gasteiger partial charge in [-0.2, -0.15) is 0 Å². The topological polar surface area (TPSA) is 52.7 Å². The molecule has 1 aromatic rings. The first-order chi connectivity index (χ1) is 12.6. The third kappa shape index (κ3) is 4.99. The van der Waals surface area contributed by atoms with E-state index in [1.165, 1.54) is 11.1 Å². The minimum Gasteiger partial charge on any atom is -0.343 e. The van der Waals surface area contributed by atoms with Crippen molar-refractivity contribution in [1.82, 2.24) is 15.1 Å². The van der Waals surface area contributed by atoms with Gasteiger partial charge in [0, 0.05) is 39.1 Å². The average Bonchev–Trinajstić information content (AvgIpc) is 3.46. The number of nitrogens with zero attached hydrogens (tertiary/aromatic N) is 2. The van der Waals surface area contributed by atoms with Crippen molar-refractivity contribution < 1.29 is 9.59 Å². The van der Waals surface area contributed by atoms with Gasteiger partial charge in [0.1, 0.15) is 0 Å². The van der Waals surface area contributed by atoms with Gasteiger partial charge in [-0.05, 0) is 56.1 Å². The summed E-state index contributed by atoms with van der Waals surface area (Å²) >= 11 is 0. The first kappa shape index (κ1) is 18.7. The van der Waals surface area contributed by atoms with Gasteiger partial charge < -0.3 is 15.1 Å². The van der Waals surface area contributed by atoms with Crippen molar-refractivity contribution in [1.29, 1.82) is 0 Å². The normalized spacial score (nSPS) is 17.8. The minimum absolute atomic E-state index is 0.0521. The maximum Gasteiger partial charge on any atom is 0.317 e. The van der Waals surface area contributed by atoms with Crippen LogP contribution in [-0.4, -0.2) is 47.4 Å². The highest BCUT2D eigenvalue weighted by atomic mass is 16.2. The van der Waals surface area contributed by atoms with Crippen LogP contribution < -0.4 is 5.32 Å². The standard InChI is InChI=1S/C21H31N3O2/c1-3-22-21(26)24(20-8-9-20)15-19-6-4-17(5-7-19)14-18-10-12-23(13-11-18)16(2)25/h4-7,18,20H,3,8-15H2,1-2H3,(H,22,26). The van der Waals surface area contributed by atoms with E-state index >= 15 is 0 Å². The maximum atomic E-state index is 12.2. The molecule has 0 spiro atoms. The highest BCUT2D eigenvalue weighted by molar-refractivity contribution is 5.75. The Morgan fingerprint density at radius 1 is 1.08 bits per heavy atom. The third-order valence-corrected chi connectivity index (χ3v) is 5.54. The number of hydrogen-bond acceptors (Lipinski definition) is 2. The number of urea groups is 1. The molecule has 1 heterocycles. The molecule has 1 aliphatic carbocycles. The van der Waals surface area contributed by atoms with Crippen LogP contribution >= 0.6 is 0 Å². The maximum absolute atomic E-state index is 12.2. The molecule has 1 saturated carbocycles. The summed E-state index contributed by atoms with van der Waals surface area (Å²) in [6.45, 7) is 6.75. The number of carbonyl (C=O) groups is 2. The lowest BCUT2D eigenvalue weighted by molar-refractivity contribution is -0.130.